The Kier molecular flexibility index (Phi) is 2.86. The molecule has 2 fully saturated rings. The van der Waals surface area contributed by atoms with Crippen molar-refractivity contribution in [2.45, 2.75) is 46.1 Å². The second-order valence-corrected chi connectivity index (χ2v) is 7.22. The molecule has 1 aromatic carbocycles. The van der Waals surface area contributed by atoms with E-state index >= 15 is 0 Å². The monoisotopic (exact) mass is 283 g/mol. The Hall–Kier alpha value is -1.19. The van der Waals surface area contributed by atoms with Crippen molar-refractivity contribution in [1.29, 1.82) is 0 Å². The molecule has 0 amide bonds. The number of benzene rings is 1. The molecule has 1 N–H and O–H groups in total. The number of hydrogen-bond acceptors (Lipinski definition) is 1. The number of hydrogen-bond donors (Lipinski definition) is 1. The van der Waals surface area contributed by atoms with Crippen LogP contribution in [0.3, 0.4) is 0 Å². The van der Waals surface area contributed by atoms with Crippen molar-refractivity contribution in [2.75, 3.05) is 5.32 Å². The van der Waals surface area contributed by atoms with Crippen molar-refractivity contribution < 1.29 is 13.2 Å². The highest BCUT2D eigenvalue weighted by Crippen LogP contribution is 2.63. The predicted molar refractivity (Wildman–Crippen MR) is 73.0 cm³/mol. The molecule has 4 heteroatoms. The molecule has 2 aliphatic carbocycles. The van der Waals surface area contributed by atoms with Gasteiger partial charge >= 0.3 is 0 Å². The van der Waals surface area contributed by atoms with Crippen LogP contribution in [-0.4, -0.2) is 6.04 Å². The summed E-state index contributed by atoms with van der Waals surface area (Å²) < 4.78 is 40.2. The number of anilines is 1. The molecule has 0 aliphatic heterocycles. The summed E-state index contributed by atoms with van der Waals surface area (Å²) in [6, 6.07) is 2.34. The summed E-state index contributed by atoms with van der Waals surface area (Å²) in [6.07, 6.45) is 3.41. The minimum Gasteiger partial charge on any atom is -0.379 e. The van der Waals surface area contributed by atoms with Gasteiger partial charge in [-0.1, -0.05) is 20.8 Å². The molecule has 0 heterocycles. The molecule has 3 atom stereocenters. The highest BCUT2D eigenvalue weighted by atomic mass is 19.2. The van der Waals surface area contributed by atoms with Gasteiger partial charge in [0.15, 0.2) is 17.5 Å². The molecule has 2 saturated carbocycles. The van der Waals surface area contributed by atoms with Gasteiger partial charge in [-0.2, -0.15) is 0 Å². The largest absolute Gasteiger partial charge is 0.379 e. The van der Waals surface area contributed by atoms with Gasteiger partial charge in [0.05, 0.1) is 5.69 Å². The van der Waals surface area contributed by atoms with Crippen LogP contribution >= 0.6 is 0 Å². The first-order chi connectivity index (χ1) is 9.25. The first-order valence-corrected chi connectivity index (χ1v) is 7.16. The van der Waals surface area contributed by atoms with E-state index in [1.807, 2.05) is 0 Å². The van der Waals surface area contributed by atoms with Crippen molar-refractivity contribution >= 4 is 5.69 Å². The highest BCUT2D eigenvalue weighted by Gasteiger charge is 2.59. The lowest BCUT2D eigenvalue weighted by atomic mass is 9.68. The van der Waals surface area contributed by atoms with Gasteiger partial charge in [-0.15, -0.1) is 0 Å². The summed E-state index contributed by atoms with van der Waals surface area (Å²) in [5.74, 6) is -3.06. The third kappa shape index (κ3) is 1.76. The number of fused-ring (bicyclic) bond motifs is 2. The van der Waals surface area contributed by atoms with E-state index in [0.717, 1.165) is 18.9 Å². The Labute approximate surface area is 117 Å². The molecular formula is C16H20F3N. The molecule has 0 saturated heterocycles. The maximum absolute atomic E-state index is 13.9. The highest BCUT2D eigenvalue weighted by molar-refractivity contribution is 5.48. The SMILES string of the molecule is CC12CCC(C1)C(C)(C)C2Nc1ccc(F)c(F)c1F. The molecule has 1 aromatic rings. The number of nitrogens with one attached hydrogen (secondary N) is 1. The maximum atomic E-state index is 13.9. The Morgan fingerprint density at radius 2 is 1.80 bits per heavy atom. The average molecular weight is 283 g/mol. The second-order valence-electron chi connectivity index (χ2n) is 7.22. The van der Waals surface area contributed by atoms with E-state index in [-0.39, 0.29) is 22.6 Å². The Morgan fingerprint density at radius 3 is 2.40 bits per heavy atom. The van der Waals surface area contributed by atoms with Crippen molar-refractivity contribution in [3.05, 3.63) is 29.6 Å². The Morgan fingerprint density at radius 1 is 1.10 bits per heavy atom. The van der Waals surface area contributed by atoms with Gasteiger partial charge in [0.25, 0.3) is 0 Å². The minimum atomic E-state index is -1.40. The van der Waals surface area contributed by atoms with E-state index in [9.17, 15) is 13.2 Å². The molecule has 1 nitrogen and oxygen atoms in total. The van der Waals surface area contributed by atoms with Gasteiger partial charge < -0.3 is 5.32 Å². The first-order valence-electron chi connectivity index (χ1n) is 7.16. The van der Waals surface area contributed by atoms with Crippen LogP contribution in [0.1, 0.15) is 40.0 Å². The van der Waals surface area contributed by atoms with Gasteiger partial charge in [-0.05, 0) is 48.1 Å². The van der Waals surface area contributed by atoms with Gasteiger partial charge in [-0.25, -0.2) is 13.2 Å². The van der Waals surface area contributed by atoms with Crippen LogP contribution in [0.2, 0.25) is 0 Å². The number of halogens is 3. The summed E-state index contributed by atoms with van der Waals surface area (Å²) in [6.45, 7) is 6.56. The quantitative estimate of drug-likeness (QED) is 0.774. The van der Waals surface area contributed by atoms with Crippen LogP contribution in [0.25, 0.3) is 0 Å². The maximum Gasteiger partial charge on any atom is 0.196 e. The van der Waals surface area contributed by atoms with Gasteiger partial charge in [0.2, 0.25) is 0 Å². The third-order valence-electron chi connectivity index (χ3n) is 5.60. The molecule has 20 heavy (non-hydrogen) atoms. The fraction of sp³-hybridized carbons (Fsp3) is 0.625. The second kappa shape index (κ2) is 4.15. The molecule has 2 aliphatic rings. The van der Waals surface area contributed by atoms with E-state index in [2.05, 4.69) is 26.1 Å². The minimum absolute atomic E-state index is 0.0320. The standard InChI is InChI=1S/C16H20F3N/c1-15(2)9-6-7-16(3,8-9)14(15)20-11-5-4-10(17)12(18)13(11)19/h4-5,9,14,20H,6-8H2,1-3H3. The molecule has 3 rings (SSSR count). The molecule has 0 spiro atoms. The van der Waals surface area contributed by atoms with Crippen LogP contribution in [0.15, 0.2) is 12.1 Å². The van der Waals surface area contributed by atoms with Gasteiger partial charge in [0, 0.05) is 6.04 Å². The summed E-state index contributed by atoms with van der Waals surface area (Å²) in [7, 11) is 0. The predicted octanol–water partition coefficient (Wildman–Crippen LogP) is 4.73. The smallest absolute Gasteiger partial charge is 0.196 e. The normalized spacial score (nSPS) is 34.5. The van der Waals surface area contributed by atoms with Crippen LogP contribution < -0.4 is 5.32 Å². The van der Waals surface area contributed by atoms with Gasteiger partial charge in [0.1, 0.15) is 0 Å². The van der Waals surface area contributed by atoms with E-state index in [1.165, 1.54) is 12.5 Å². The average Bonchev–Trinajstić information content (AvgIpc) is 2.85. The lowest BCUT2D eigenvalue weighted by molar-refractivity contribution is 0.155. The molecular weight excluding hydrogens is 263 g/mol. The zero-order chi connectivity index (χ0) is 14.7. The summed E-state index contributed by atoms with van der Waals surface area (Å²) in [4.78, 5) is 0. The molecule has 0 aromatic heterocycles. The van der Waals surface area contributed by atoms with Crippen LogP contribution in [0.4, 0.5) is 18.9 Å². The van der Waals surface area contributed by atoms with E-state index in [1.54, 1.807) is 0 Å². The van der Waals surface area contributed by atoms with Crippen molar-refractivity contribution in [3.63, 3.8) is 0 Å². The molecule has 3 unspecified atom stereocenters. The Balaban J connectivity index is 1.94. The molecule has 0 radical (unpaired) electrons. The van der Waals surface area contributed by atoms with Crippen molar-refractivity contribution in [2.24, 2.45) is 16.7 Å². The van der Waals surface area contributed by atoms with E-state index in [4.69, 9.17) is 0 Å². The third-order valence-corrected chi connectivity index (χ3v) is 5.60. The van der Waals surface area contributed by atoms with Crippen LogP contribution in [-0.2, 0) is 0 Å². The van der Waals surface area contributed by atoms with Crippen molar-refractivity contribution in [1.82, 2.24) is 0 Å². The zero-order valence-corrected chi connectivity index (χ0v) is 12.1. The molecule has 2 bridgehead atoms. The van der Waals surface area contributed by atoms with Crippen LogP contribution in [0, 0.1) is 34.2 Å². The van der Waals surface area contributed by atoms with Gasteiger partial charge in [-0.3, -0.25) is 0 Å². The lowest BCUT2D eigenvalue weighted by Gasteiger charge is -2.43. The summed E-state index contributed by atoms with van der Waals surface area (Å²) in [5.41, 5.74) is 0.200. The van der Waals surface area contributed by atoms with Crippen molar-refractivity contribution in [3.8, 4) is 0 Å². The zero-order valence-electron chi connectivity index (χ0n) is 12.1. The molecule has 110 valence electrons. The van der Waals surface area contributed by atoms with E-state index < -0.39 is 17.5 Å². The number of rotatable bonds is 2. The van der Waals surface area contributed by atoms with Crippen LogP contribution in [0.5, 0.6) is 0 Å². The summed E-state index contributed by atoms with van der Waals surface area (Å²) >= 11 is 0. The topological polar surface area (TPSA) is 12.0 Å². The van der Waals surface area contributed by atoms with E-state index in [0.29, 0.717) is 5.92 Å². The summed E-state index contributed by atoms with van der Waals surface area (Å²) in [5, 5.41) is 3.16. The Bertz CT molecular complexity index is 550. The fourth-order valence-electron chi connectivity index (χ4n) is 4.46. The fourth-order valence-corrected chi connectivity index (χ4v) is 4.46. The lowest BCUT2D eigenvalue weighted by Crippen LogP contribution is -2.46. The first kappa shape index (κ1) is 13.8.